The maximum Gasteiger partial charge on any atom is 0.0999 e. The molecule has 122 valence electrons. The van der Waals surface area contributed by atoms with Crippen LogP contribution in [0.2, 0.25) is 0 Å². The van der Waals surface area contributed by atoms with Crippen molar-refractivity contribution < 1.29 is 0 Å². The Hall–Kier alpha value is -2.96. The fourth-order valence-corrected chi connectivity index (χ4v) is 2.92. The minimum absolute atomic E-state index is 0.377. The lowest BCUT2D eigenvalue weighted by Gasteiger charge is -2.10. The molecular weight excluding hydrogens is 302 g/mol. The molecule has 0 spiro atoms. The number of hydrogen-bond donors (Lipinski definition) is 1. The van der Waals surface area contributed by atoms with Gasteiger partial charge in [0.25, 0.3) is 0 Å². The van der Waals surface area contributed by atoms with Crippen molar-refractivity contribution in [2.45, 2.75) is 32.7 Å². The van der Waals surface area contributed by atoms with E-state index in [1.165, 1.54) is 0 Å². The molecule has 0 saturated heterocycles. The van der Waals surface area contributed by atoms with Gasteiger partial charge in [-0.2, -0.15) is 15.3 Å². The summed E-state index contributed by atoms with van der Waals surface area (Å²) < 4.78 is 3.86. The second-order valence-corrected chi connectivity index (χ2v) is 5.97. The van der Waals surface area contributed by atoms with Gasteiger partial charge in [0.1, 0.15) is 0 Å². The second kappa shape index (κ2) is 5.92. The Bertz CT molecular complexity index is 949. The van der Waals surface area contributed by atoms with E-state index < -0.39 is 0 Å². The van der Waals surface area contributed by atoms with E-state index in [9.17, 15) is 0 Å². The Labute approximate surface area is 139 Å². The Kier molecular flexibility index (Phi) is 3.60. The van der Waals surface area contributed by atoms with Crippen molar-refractivity contribution in [1.29, 1.82) is 0 Å². The maximum absolute atomic E-state index is 4.83. The van der Waals surface area contributed by atoms with Crippen LogP contribution in [0.5, 0.6) is 0 Å². The van der Waals surface area contributed by atoms with Crippen molar-refractivity contribution >= 4 is 5.52 Å². The van der Waals surface area contributed by atoms with Crippen molar-refractivity contribution in [2.75, 3.05) is 0 Å². The summed E-state index contributed by atoms with van der Waals surface area (Å²) in [6.45, 7) is 4.37. The van der Waals surface area contributed by atoms with Crippen LogP contribution < -0.4 is 0 Å². The summed E-state index contributed by atoms with van der Waals surface area (Å²) in [5.74, 6) is 0. The summed E-state index contributed by atoms with van der Waals surface area (Å²) in [6.07, 6.45) is 13.5. The van der Waals surface area contributed by atoms with E-state index in [-0.39, 0.29) is 0 Å². The van der Waals surface area contributed by atoms with Gasteiger partial charge in [-0.05, 0) is 19.4 Å². The molecule has 4 heterocycles. The number of aromatic nitrogens is 7. The topological polar surface area (TPSA) is 76.7 Å². The SMILES string of the molecule is CCC[C@H](C)n1cc(-c2nc(-c3cn[nH]c3)cn3nccc23)cn1. The van der Waals surface area contributed by atoms with E-state index in [4.69, 9.17) is 4.98 Å². The molecule has 0 amide bonds. The van der Waals surface area contributed by atoms with Gasteiger partial charge < -0.3 is 0 Å². The smallest absolute Gasteiger partial charge is 0.0999 e. The second-order valence-electron chi connectivity index (χ2n) is 5.97. The van der Waals surface area contributed by atoms with Gasteiger partial charge in [0, 0.05) is 29.6 Å². The van der Waals surface area contributed by atoms with E-state index in [0.29, 0.717) is 6.04 Å². The van der Waals surface area contributed by atoms with Gasteiger partial charge in [-0.25, -0.2) is 9.50 Å². The normalized spacial score (nSPS) is 12.8. The number of fused-ring (bicyclic) bond motifs is 1. The molecule has 0 unspecified atom stereocenters. The van der Waals surface area contributed by atoms with Crippen LogP contribution in [0.4, 0.5) is 0 Å². The van der Waals surface area contributed by atoms with E-state index in [1.807, 2.05) is 33.9 Å². The number of nitrogens with zero attached hydrogens (tertiary/aromatic N) is 6. The molecule has 24 heavy (non-hydrogen) atoms. The predicted molar refractivity (Wildman–Crippen MR) is 91.4 cm³/mol. The van der Waals surface area contributed by atoms with Gasteiger partial charge in [-0.15, -0.1) is 0 Å². The van der Waals surface area contributed by atoms with Crippen LogP contribution in [0.1, 0.15) is 32.7 Å². The van der Waals surface area contributed by atoms with Gasteiger partial charge in [-0.1, -0.05) is 13.3 Å². The van der Waals surface area contributed by atoms with Crippen LogP contribution in [0, 0.1) is 0 Å². The monoisotopic (exact) mass is 321 g/mol. The van der Waals surface area contributed by atoms with Gasteiger partial charge in [0.15, 0.2) is 0 Å². The molecule has 7 heteroatoms. The standard InChI is InChI=1S/C17H19N7/c1-3-4-12(2)23-10-14(9-21-23)17-16-5-6-20-24(16)11-15(22-17)13-7-18-19-8-13/h5-12H,3-4H2,1-2H3,(H,18,19)/t12-/m0/s1. The molecule has 4 aromatic heterocycles. The van der Waals surface area contributed by atoms with Crippen molar-refractivity contribution in [2.24, 2.45) is 0 Å². The highest BCUT2D eigenvalue weighted by molar-refractivity contribution is 5.78. The Balaban J connectivity index is 1.82. The number of rotatable bonds is 5. The van der Waals surface area contributed by atoms with Gasteiger partial charge >= 0.3 is 0 Å². The fraction of sp³-hybridized carbons (Fsp3) is 0.294. The third-order valence-electron chi connectivity index (χ3n) is 4.22. The zero-order valence-corrected chi connectivity index (χ0v) is 13.7. The Morgan fingerprint density at radius 2 is 2.08 bits per heavy atom. The lowest BCUT2D eigenvalue weighted by Crippen LogP contribution is -2.04. The number of nitrogens with one attached hydrogen (secondary N) is 1. The van der Waals surface area contributed by atoms with E-state index in [0.717, 1.165) is 40.9 Å². The number of aromatic amines is 1. The first-order chi connectivity index (χ1) is 11.8. The highest BCUT2D eigenvalue weighted by Gasteiger charge is 2.14. The van der Waals surface area contributed by atoms with Crippen LogP contribution in [0.3, 0.4) is 0 Å². The third-order valence-corrected chi connectivity index (χ3v) is 4.22. The average Bonchev–Trinajstić information content (AvgIpc) is 3.33. The molecule has 0 fully saturated rings. The summed E-state index contributed by atoms with van der Waals surface area (Å²) in [4.78, 5) is 4.83. The molecule has 4 aromatic rings. The molecule has 0 aliphatic carbocycles. The lowest BCUT2D eigenvalue weighted by atomic mass is 10.2. The summed E-state index contributed by atoms with van der Waals surface area (Å²) in [5.41, 5.74) is 4.59. The molecular formula is C17H19N7. The highest BCUT2D eigenvalue weighted by Crippen LogP contribution is 2.27. The average molecular weight is 321 g/mol. The van der Waals surface area contributed by atoms with Crippen molar-refractivity contribution in [3.05, 3.63) is 43.2 Å². The summed E-state index contributed by atoms with van der Waals surface area (Å²) >= 11 is 0. The van der Waals surface area contributed by atoms with Crippen LogP contribution in [0.15, 0.2) is 43.2 Å². The lowest BCUT2D eigenvalue weighted by molar-refractivity contribution is 0.455. The van der Waals surface area contributed by atoms with Gasteiger partial charge in [-0.3, -0.25) is 9.78 Å². The molecule has 0 radical (unpaired) electrons. The molecule has 0 aliphatic heterocycles. The zero-order chi connectivity index (χ0) is 16.5. The maximum atomic E-state index is 4.83. The van der Waals surface area contributed by atoms with E-state index >= 15 is 0 Å². The number of hydrogen-bond acceptors (Lipinski definition) is 4. The summed E-state index contributed by atoms with van der Waals surface area (Å²) in [5, 5.41) is 15.7. The molecule has 1 atom stereocenters. The van der Waals surface area contributed by atoms with Crippen LogP contribution in [-0.2, 0) is 0 Å². The third kappa shape index (κ3) is 2.47. The first kappa shape index (κ1) is 14.6. The predicted octanol–water partition coefficient (Wildman–Crippen LogP) is 3.34. The van der Waals surface area contributed by atoms with Gasteiger partial charge in [0.2, 0.25) is 0 Å². The molecule has 7 nitrogen and oxygen atoms in total. The molecule has 0 bridgehead atoms. The van der Waals surface area contributed by atoms with Crippen LogP contribution in [0.25, 0.3) is 28.0 Å². The van der Waals surface area contributed by atoms with E-state index in [1.54, 1.807) is 12.4 Å². The number of H-pyrrole nitrogens is 1. The van der Waals surface area contributed by atoms with Crippen LogP contribution in [-0.4, -0.2) is 34.6 Å². The minimum atomic E-state index is 0.377. The summed E-state index contributed by atoms with van der Waals surface area (Å²) in [6, 6.07) is 2.34. The molecule has 1 N–H and O–H groups in total. The molecule has 0 aromatic carbocycles. The first-order valence-electron chi connectivity index (χ1n) is 8.14. The molecule has 0 saturated carbocycles. The molecule has 0 aliphatic rings. The largest absolute Gasteiger partial charge is 0.285 e. The quantitative estimate of drug-likeness (QED) is 0.611. The highest BCUT2D eigenvalue weighted by atomic mass is 15.3. The minimum Gasteiger partial charge on any atom is -0.285 e. The zero-order valence-electron chi connectivity index (χ0n) is 13.7. The van der Waals surface area contributed by atoms with Crippen molar-refractivity contribution in [1.82, 2.24) is 34.6 Å². The van der Waals surface area contributed by atoms with Crippen molar-refractivity contribution in [3.8, 4) is 22.5 Å². The van der Waals surface area contributed by atoms with Crippen LogP contribution >= 0.6 is 0 Å². The first-order valence-corrected chi connectivity index (χ1v) is 8.14. The Morgan fingerprint density at radius 3 is 2.88 bits per heavy atom. The van der Waals surface area contributed by atoms with Gasteiger partial charge in [0.05, 0.1) is 41.7 Å². The summed E-state index contributed by atoms with van der Waals surface area (Å²) in [7, 11) is 0. The fourth-order valence-electron chi connectivity index (χ4n) is 2.92. The Morgan fingerprint density at radius 1 is 1.17 bits per heavy atom. The molecule has 4 rings (SSSR count). The van der Waals surface area contributed by atoms with Crippen molar-refractivity contribution in [3.63, 3.8) is 0 Å². The van der Waals surface area contributed by atoms with E-state index in [2.05, 4.69) is 40.4 Å².